The van der Waals surface area contributed by atoms with E-state index in [9.17, 15) is 9.59 Å². The first-order valence-corrected chi connectivity index (χ1v) is 6.21. The highest BCUT2D eigenvalue weighted by molar-refractivity contribution is 5.91. The number of nitrogens with zero attached hydrogens (tertiary/aromatic N) is 1. The molecule has 1 N–H and O–H groups in total. The van der Waals surface area contributed by atoms with Crippen molar-refractivity contribution in [1.82, 2.24) is 4.90 Å². The van der Waals surface area contributed by atoms with E-state index in [1.165, 1.54) is 11.0 Å². The molecule has 1 unspecified atom stereocenters. The molecule has 0 spiro atoms. The predicted octanol–water partition coefficient (Wildman–Crippen LogP) is 2.31. The lowest BCUT2D eigenvalue weighted by atomic mass is 10.2. The van der Waals surface area contributed by atoms with Crippen LogP contribution in [0.5, 0.6) is 0 Å². The van der Waals surface area contributed by atoms with Crippen molar-refractivity contribution < 1.29 is 19.1 Å². The molecule has 0 bridgehead atoms. The second-order valence-corrected chi connectivity index (χ2v) is 4.35. The van der Waals surface area contributed by atoms with Crippen molar-refractivity contribution in [3.05, 3.63) is 29.7 Å². The number of likely N-dealkylation sites (N-methyl/N-ethyl adjacent to an activating group) is 1. The highest BCUT2D eigenvalue weighted by atomic mass is 16.4. The van der Waals surface area contributed by atoms with Crippen LogP contribution in [0.1, 0.15) is 31.8 Å². The summed E-state index contributed by atoms with van der Waals surface area (Å²) >= 11 is 0. The zero-order valence-corrected chi connectivity index (χ0v) is 11.4. The van der Waals surface area contributed by atoms with Crippen molar-refractivity contribution >= 4 is 18.0 Å². The smallest absolute Gasteiger partial charge is 0.305 e. The van der Waals surface area contributed by atoms with Crippen LogP contribution in [0.4, 0.5) is 0 Å². The first kappa shape index (κ1) is 15.0. The normalized spacial score (nSPS) is 12.6. The molecule has 0 saturated heterocycles. The van der Waals surface area contributed by atoms with Crippen LogP contribution in [0.3, 0.4) is 0 Å². The average Bonchev–Trinajstić information content (AvgIpc) is 2.72. The first-order chi connectivity index (χ1) is 8.93. The summed E-state index contributed by atoms with van der Waals surface area (Å²) in [7, 11) is 0. The van der Waals surface area contributed by atoms with Gasteiger partial charge in [0.25, 0.3) is 0 Å². The Kier molecular flexibility index (Phi) is 5.36. The molecule has 1 atom stereocenters. The zero-order valence-electron chi connectivity index (χ0n) is 11.4. The topological polar surface area (TPSA) is 70.8 Å². The molecule has 0 aliphatic carbocycles. The molecule has 19 heavy (non-hydrogen) atoms. The fraction of sp³-hybridized carbons (Fsp3) is 0.429. The van der Waals surface area contributed by atoms with E-state index < -0.39 is 5.97 Å². The van der Waals surface area contributed by atoms with Gasteiger partial charge >= 0.3 is 5.97 Å². The second-order valence-electron chi connectivity index (χ2n) is 4.35. The van der Waals surface area contributed by atoms with E-state index in [4.69, 9.17) is 9.52 Å². The van der Waals surface area contributed by atoms with Crippen molar-refractivity contribution in [2.24, 2.45) is 0 Å². The molecule has 0 radical (unpaired) electrons. The summed E-state index contributed by atoms with van der Waals surface area (Å²) in [6.45, 7) is 5.84. The number of hydrogen-bond acceptors (Lipinski definition) is 3. The molecule has 0 aliphatic heterocycles. The number of rotatable bonds is 6. The molecular weight excluding hydrogens is 246 g/mol. The van der Waals surface area contributed by atoms with Gasteiger partial charge in [-0.15, -0.1) is 0 Å². The summed E-state index contributed by atoms with van der Waals surface area (Å²) in [6.07, 6.45) is 2.93. The summed E-state index contributed by atoms with van der Waals surface area (Å²) in [5.74, 6) is 0.251. The van der Waals surface area contributed by atoms with Gasteiger partial charge in [-0.05, 0) is 39.0 Å². The number of carboxylic acid groups (broad SMARTS) is 1. The van der Waals surface area contributed by atoms with Crippen LogP contribution in [0.15, 0.2) is 22.6 Å². The number of carbonyl (C=O) groups excluding carboxylic acids is 1. The minimum Gasteiger partial charge on any atom is -0.481 e. The maximum Gasteiger partial charge on any atom is 0.305 e. The van der Waals surface area contributed by atoms with Gasteiger partial charge in [0.2, 0.25) is 5.91 Å². The molecular formula is C14H19NO4. The number of aliphatic carboxylic acids is 1. The van der Waals surface area contributed by atoms with Crippen LogP contribution >= 0.6 is 0 Å². The van der Waals surface area contributed by atoms with Crippen molar-refractivity contribution in [2.45, 2.75) is 33.2 Å². The number of amides is 1. The van der Waals surface area contributed by atoms with Gasteiger partial charge in [0.1, 0.15) is 11.5 Å². The molecule has 1 rings (SSSR count). The van der Waals surface area contributed by atoms with Crippen LogP contribution in [-0.2, 0) is 9.59 Å². The fourth-order valence-corrected chi connectivity index (χ4v) is 1.84. The maximum atomic E-state index is 12.0. The van der Waals surface area contributed by atoms with Crippen LogP contribution in [0, 0.1) is 6.92 Å². The number of aryl methyl sites for hydroxylation is 1. The first-order valence-electron chi connectivity index (χ1n) is 6.21. The molecule has 5 nitrogen and oxygen atoms in total. The molecule has 0 aromatic carbocycles. The third-order valence-corrected chi connectivity index (χ3v) is 2.78. The summed E-state index contributed by atoms with van der Waals surface area (Å²) in [5.41, 5.74) is 0. The van der Waals surface area contributed by atoms with Gasteiger partial charge in [0.15, 0.2) is 0 Å². The summed E-state index contributed by atoms with van der Waals surface area (Å²) < 4.78 is 5.32. The Balaban J connectivity index is 2.68. The lowest BCUT2D eigenvalue weighted by Crippen LogP contribution is -2.38. The molecule has 5 heteroatoms. The molecule has 1 heterocycles. The van der Waals surface area contributed by atoms with Gasteiger partial charge in [-0.2, -0.15) is 0 Å². The van der Waals surface area contributed by atoms with Gasteiger partial charge in [0.05, 0.1) is 6.42 Å². The third-order valence-electron chi connectivity index (χ3n) is 2.78. The Labute approximate surface area is 112 Å². The Morgan fingerprint density at radius 3 is 2.63 bits per heavy atom. The number of hydrogen-bond donors (Lipinski definition) is 1. The average molecular weight is 265 g/mol. The maximum absolute atomic E-state index is 12.0. The Morgan fingerprint density at radius 1 is 1.47 bits per heavy atom. The third kappa shape index (κ3) is 4.62. The minimum absolute atomic E-state index is 0.0622. The van der Waals surface area contributed by atoms with Crippen molar-refractivity contribution in [1.29, 1.82) is 0 Å². The second kappa shape index (κ2) is 6.78. The summed E-state index contributed by atoms with van der Waals surface area (Å²) in [4.78, 5) is 24.2. The van der Waals surface area contributed by atoms with Crippen LogP contribution in [0.25, 0.3) is 6.08 Å². The number of furan rings is 1. The highest BCUT2D eigenvalue weighted by Gasteiger charge is 2.18. The number of carboxylic acids is 1. The molecule has 0 aliphatic rings. The quantitative estimate of drug-likeness (QED) is 0.801. The van der Waals surface area contributed by atoms with Crippen molar-refractivity contribution in [3.63, 3.8) is 0 Å². The van der Waals surface area contributed by atoms with Gasteiger partial charge in [0, 0.05) is 18.7 Å². The van der Waals surface area contributed by atoms with Crippen molar-refractivity contribution in [2.75, 3.05) is 6.54 Å². The minimum atomic E-state index is -0.913. The van der Waals surface area contributed by atoms with E-state index in [1.54, 1.807) is 19.1 Å². The summed E-state index contributed by atoms with van der Waals surface area (Å²) in [5, 5.41) is 8.75. The zero-order chi connectivity index (χ0) is 14.4. The summed E-state index contributed by atoms with van der Waals surface area (Å²) in [6, 6.07) is 3.25. The van der Waals surface area contributed by atoms with E-state index in [0.29, 0.717) is 12.3 Å². The lowest BCUT2D eigenvalue weighted by molar-refractivity contribution is -0.139. The van der Waals surface area contributed by atoms with Crippen LogP contribution in [-0.4, -0.2) is 34.5 Å². The van der Waals surface area contributed by atoms with Gasteiger partial charge in [-0.25, -0.2) is 0 Å². The van der Waals surface area contributed by atoms with E-state index in [-0.39, 0.29) is 18.4 Å². The van der Waals surface area contributed by atoms with Gasteiger partial charge in [-0.3, -0.25) is 9.59 Å². The standard InChI is InChI=1S/C14H19NO4/c1-4-15(10(2)9-14(17)18)13(16)8-7-12-6-5-11(3)19-12/h5-8,10H,4,9H2,1-3H3,(H,17,18). The van der Waals surface area contributed by atoms with E-state index >= 15 is 0 Å². The van der Waals surface area contributed by atoms with Gasteiger partial charge < -0.3 is 14.4 Å². The van der Waals surface area contributed by atoms with E-state index in [0.717, 1.165) is 5.76 Å². The monoisotopic (exact) mass is 265 g/mol. The Bertz CT molecular complexity index is 476. The molecule has 1 amide bonds. The SMILES string of the molecule is CCN(C(=O)C=Cc1ccc(C)o1)C(C)CC(=O)O. The molecule has 1 aromatic heterocycles. The lowest BCUT2D eigenvalue weighted by Gasteiger charge is -2.25. The van der Waals surface area contributed by atoms with Crippen LogP contribution in [0.2, 0.25) is 0 Å². The molecule has 0 saturated carbocycles. The number of carbonyl (C=O) groups is 2. The fourth-order valence-electron chi connectivity index (χ4n) is 1.84. The van der Waals surface area contributed by atoms with E-state index in [1.807, 2.05) is 19.9 Å². The van der Waals surface area contributed by atoms with E-state index in [2.05, 4.69) is 0 Å². The molecule has 104 valence electrons. The Hall–Kier alpha value is -2.04. The highest BCUT2D eigenvalue weighted by Crippen LogP contribution is 2.10. The van der Waals surface area contributed by atoms with Gasteiger partial charge in [-0.1, -0.05) is 0 Å². The van der Waals surface area contributed by atoms with Crippen LogP contribution < -0.4 is 0 Å². The molecule has 0 fully saturated rings. The Morgan fingerprint density at radius 2 is 2.16 bits per heavy atom. The molecule has 1 aromatic rings. The van der Waals surface area contributed by atoms with Crippen molar-refractivity contribution in [3.8, 4) is 0 Å². The predicted molar refractivity (Wildman–Crippen MR) is 71.6 cm³/mol. The largest absolute Gasteiger partial charge is 0.481 e.